The molecule has 2 fully saturated rings. The van der Waals surface area contributed by atoms with Crippen LogP contribution in [-0.4, -0.2) is 46.5 Å². The van der Waals surface area contributed by atoms with E-state index < -0.39 is 11.4 Å². The van der Waals surface area contributed by atoms with Crippen molar-refractivity contribution in [3.63, 3.8) is 0 Å². The monoisotopic (exact) mass is 271 g/mol. The molecule has 2 heterocycles. The number of carboxylic acids is 1. The van der Waals surface area contributed by atoms with Crippen molar-refractivity contribution >= 4 is 23.6 Å². The first kappa shape index (κ1) is 13.7. The first-order chi connectivity index (χ1) is 8.59. The van der Waals surface area contributed by atoms with E-state index in [-0.39, 0.29) is 11.8 Å². The van der Waals surface area contributed by atoms with Crippen LogP contribution in [0.5, 0.6) is 0 Å². The average molecular weight is 271 g/mol. The van der Waals surface area contributed by atoms with E-state index >= 15 is 0 Å². The first-order valence-corrected chi connectivity index (χ1v) is 7.84. The Morgan fingerprint density at radius 2 is 2.28 bits per heavy atom. The zero-order chi connectivity index (χ0) is 13.2. The molecule has 4 nitrogen and oxygen atoms in total. The molecule has 0 bridgehead atoms. The second kappa shape index (κ2) is 5.51. The van der Waals surface area contributed by atoms with Gasteiger partial charge in [-0.3, -0.25) is 9.59 Å². The minimum absolute atomic E-state index is 0.122. The quantitative estimate of drug-likeness (QED) is 0.851. The van der Waals surface area contributed by atoms with Crippen molar-refractivity contribution in [3.8, 4) is 0 Å². The van der Waals surface area contributed by atoms with Crippen LogP contribution in [0.2, 0.25) is 0 Å². The Bertz CT molecular complexity index is 341. The lowest BCUT2D eigenvalue weighted by atomic mass is 9.77. The summed E-state index contributed by atoms with van der Waals surface area (Å²) in [4.78, 5) is 25.6. The maximum Gasteiger partial charge on any atom is 0.311 e. The van der Waals surface area contributed by atoms with Crippen LogP contribution in [0.1, 0.15) is 32.6 Å². The first-order valence-electron chi connectivity index (χ1n) is 6.69. The second-order valence-corrected chi connectivity index (χ2v) is 6.51. The Kier molecular flexibility index (Phi) is 4.20. The fourth-order valence-corrected chi connectivity index (χ4v) is 4.13. The van der Waals surface area contributed by atoms with Crippen molar-refractivity contribution < 1.29 is 14.7 Å². The molecule has 2 aliphatic heterocycles. The molecule has 5 heteroatoms. The van der Waals surface area contributed by atoms with Crippen LogP contribution in [0.15, 0.2) is 0 Å². The summed E-state index contributed by atoms with van der Waals surface area (Å²) < 4.78 is 0. The molecule has 2 aliphatic rings. The lowest BCUT2D eigenvalue weighted by molar-refractivity contribution is -0.156. The Balaban J connectivity index is 2.05. The van der Waals surface area contributed by atoms with Gasteiger partial charge in [-0.2, -0.15) is 11.8 Å². The van der Waals surface area contributed by atoms with E-state index in [1.54, 1.807) is 4.90 Å². The van der Waals surface area contributed by atoms with Gasteiger partial charge in [-0.05, 0) is 31.4 Å². The van der Waals surface area contributed by atoms with Crippen LogP contribution in [0.3, 0.4) is 0 Å². The van der Waals surface area contributed by atoms with E-state index in [9.17, 15) is 14.7 Å². The van der Waals surface area contributed by atoms with Gasteiger partial charge in [0.1, 0.15) is 0 Å². The van der Waals surface area contributed by atoms with Crippen molar-refractivity contribution in [2.45, 2.75) is 32.6 Å². The molecule has 18 heavy (non-hydrogen) atoms. The lowest BCUT2D eigenvalue weighted by Crippen LogP contribution is -2.51. The van der Waals surface area contributed by atoms with Crippen molar-refractivity contribution in [1.29, 1.82) is 0 Å². The molecule has 0 aliphatic carbocycles. The number of carbonyl (C=O) groups excluding carboxylic acids is 1. The maximum absolute atomic E-state index is 12.3. The van der Waals surface area contributed by atoms with Gasteiger partial charge in [-0.25, -0.2) is 0 Å². The molecule has 0 aromatic heterocycles. The Morgan fingerprint density at radius 3 is 2.83 bits per heavy atom. The largest absolute Gasteiger partial charge is 0.481 e. The summed E-state index contributed by atoms with van der Waals surface area (Å²) in [5.41, 5.74) is -0.709. The summed E-state index contributed by atoms with van der Waals surface area (Å²) in [5, 5.41) is 9.41. The van der Waals surface area contributed by atoms with Crippen molar-refractivity contribution in [3.05, 3.63) is 0 Å². The zero-order valence-electron chi connectivity index (χ0n) is 10.9. The molecular weight excluding hydrogens is 250 g/mol. The average Bonchev–Trinajstić information content (AvgIpc) is 2.91. The number of aliphatic carboxylic acids is 1. The number of piperidine rings is 1. The molecule has 102 valence electrons. The molecule has 0 spiro atoms. The molecule has 0 saturated carbocycles. The number of amides is 1. The molecule has 0 aromatic carbocycles. The number of hydrogen-bond acceptors (Lipinski definition) is 3. The molecule has 2 unspecified atom stereocenters. The highest BCUT2D eigenvalue weighted by atomic mass is 32.2. The van der Waals surface area contributed by atoms with Crippen molar-refractivity contribution in [2.75, 3.05) is 24.6 Å². The van der Waals surface area contributed by atoms with E-state index in [1.165, 1.54) is 0 Å². The standard InChI is InChI=1S/C13H21NO3S/c1-2-13(12(16)17)5-3-6-14(9-13)11(15)10-4-7-18-8-10/h10H,2-9H2,1H3,(H,16,17). The molecule has 2 saturated heterocycles. The summed E-state index contributed by atoms with van der Waals surface area (Å²) in [5.74, 6) is 1.52. The van der Waals surface area contributed by atoms with E-state index in [2.05, 4.69) is 0 Å². The third-order valence-corrected chi connectivity index (χ3v) is 5.46. The van der Waals surface area contributed by atoms with E-state index in [4.69, 9.17) is 0 Å². The van der Waals surface area contributed by atoms with E-state index in [0.717, 1.165) is 30.9 Å². The molecule has 2 rings (SSSR count). The minimum Gasteiger partial charge on any atom is -0.481 e. The van der Waals surface area contributed by atoms with Gasteiger partial charge in [0.2, 0.25) is 5.91 Å². The predicted octanol–water partition coefficient (Wildman–Crippen LogP) is 1.84. The summed E-state index contributed by atoms with van der Waals surface area (Å²) >= 11 is 1.82. The van der Waals surface area contributed by atoms with Gasteiger partial charge >= 0.3 is 5.97 Å². The normalized spacial score (nSPS) is 32.5. The summed E-state index contributed by atoms with van der Waals surface area (Å²) in [7, 11) is 0. The summed E-state index contributed by atoms with van der Waals surface area (Å²) in [6.07, 6.45) is 3.06. The summed E-state index contributed by atoms with van der Waals surface area (Å²) in [6.45, 7) is 3.04. The highest BCUT2D eigenvalue weighted by Crippen LogP contribution is 2.35. The van der Waals surface area contributed by atoms with Gasteiger partial charge in [0, 0.05) is 24.8 Å². The Labute approximate surface area is 112 Å². The van der Waals surface area contributed by atoms with Crippen LogP contribution in [0.4, 0.5) is 0 Å². The van der Waals surface area contributed by atoms with Crippen LogP contribution < -0.4 is 0 Å². The Morgan fingerprint density at radius 1 is 1.50 bits per heavy atom. The maximum atomic E-state index is 12.3. The smallest absolute Gasteiger partial charge is 0.311 e. The summed E-state index contributed by atoms with van der Waals surface area (Å²) in [6, 6.07) is 0. The lowest BCUT2D eigenvalue weighted by Gasteiger charge is -2.40. The van der Waals surface area contributed by atoms with Crippen LogP contribution in [0.25, 0.3) is 0 Å². The van der Waals surface area contributed by atoms with Crippen LogP contribution in [0, 0.1) is 11.3 Å². The van der Waals surface area contributed by atoms with Gasteiger partial charge in [0.15, 0.2) is 0 Å². The van der Waals surface area contributed by atoms with E-state index in [0.29, 0.717) is 19.4 Å². The Hall–Kier alpha value is -0.710. The van der Waals surface area contributed by atoms with Gasteiger partial charge in [0.25, 0.3) is 0 Å². The van der Waals surface area contributed by atoms with Crippen LogP contribution >= 0.6 is 11.8 Å². The highest BCUT2D eigenvalue weighted by molar-refractivity contribution is 7.99. The van der Waals surface area contributed by atoms with Crippen LogP contribution in [-0.2, 0) is 9.59 Å². The highest BCUT2D eigenvalue weighted by Gasteiger charge is 2.43. The van der Waals surface area contributed by atoms with Gasteiger partial charge < -0.3 is 10.0 Å². The third-order valence-electron chi connectivity index (χ3n) is 4.30. The molecule has 2 atom stereocenters. The number of hydrogen-bond donors (Lipinski definition) is 1. The molecular formula is C13H21NO3S. The second-order valence-electron chi connectivity index (χ2n) is 5.36. The number of nitrogens with zero attached hydrogens (tertiary/aromatic N) is 1. The fraction of sp³-hybridized carbons (Fsp3) is 0.846. The number of likely N-dealkylation sites (tertiary alicyclic amines) is 1. The molecule has 0 radical (unpaired) electrons. The number of carbonyl (C=O) groups is 2. The zero-order valence-corrected chi connectivity index (χ0v) is 11.7. The SMILES string of the molecule is CCC1(C(=O)O)CCCN(C(=O)C2CCSC2)C1. The molecule has 1 amide bonds. The predicted molar refractivity (Wildman–Crippen MR) is 71.6 cm³/mol. The van der Waals surface area contributed by atoms with Gasteiger partial charge in [-0.1, -0.05) is 6.92 Å². The fourth-order valence-electron chi connectivity index (χ4n) is 2.92. The number of rotatable bonds is 3. The number of carboxylic acid groups (broad SMARTS) is 1. The molecule has 1 N–H and O–H groups in total. The van der Waals surface area contributed by atoms with E-state index in [1.807, 2.05) is 18.7 Å². The van der Waals surface area contributed by atoms with Gasteiger partial charge in [0.05, 0.1) is 5.41 Å². The topological polar surface area (TPSA) is 57.6 Å². The van der Waals surface area contributed by atoms with Crippen molar-refractivity contribution in [1.82, 2.24) is 4.90 Å². The minimum atomic E-state index is -0.747. The third kappa shape index (κ3) is 2.51. The molecule has 0 aromatic rings. The van der Waals surface area contributed by atoms with Gasteiger partial charge in [-0.15, -0.1) is 0 Å². The number of thioether (sulfide) groups is 1. The van der Waals surface area contributed by atoms with Crippen molar-refractivity contribution in [2.24, 2.45) is 11.3 Å².